The van der Waals surface area contributed by atoms with Crippen molar-refractivity contribution in [3.8, 4) is 5.75 Å². The molecular weight excluding hydrogens is 241 g/mol. The lowest BCUT2D eigenvalue weighted by Gasteiger charge is -2.24. The Hall–Kier alpha value is -1.09. The summed E-state index contributed by atoms with van der Waals surface area (Å²) in [6, 6.07) is 6.70. The van der Waals surface area contributed by atoms with Gasteiger partial charge in [-0.05, 0) is 56.0 Å². The van der Waals surface area contributed by atoms with E-state index < -0.39 is 0 Å². The fourth-order valence-corrected chi connectivity index (χ4v) is 2.77. The molecule has 1 N–H and O–H groups in total. The van der Waals surface area contributed by atoms with Gasteiger partial charge in [-0.25, -0.2) is 4.39 Å². The summed E-state index contributed by atoms with van der Waals surface area (Å²) >= 11 is 0. The van der Waals surface area contributed by atoms with Gasteiger partial charge in [0.25, 0.3) is 0 Å². The third-order valence-electron chi connectivity index (χ3n) is 3.87. The molecule has 2 rings (SSSR count). The third kappa shape index (κ3) is 4.50. The van der Waals surface area contributed by atoms with E-state index in [9.17, 15) is 4.39 Å². The maximum Gasteiger partial charge on any atom is 0.123 e. The second kappa shape index (κ2) is 7.49. The van der Waals surface area contributed by atoms with E-state index in [0.717, 1.165) is 24.6 Å². The summed E-state index contributed by atoms with van der Waals surface area (Å²) in [6.07, 6.45) is 6.42. The molecule has 0 saturated heterocycles. The quantitative estimate of drug-likeness (QED) is 0.810. The summed E-state index contributed by atoms with van der Waals surface area (Å²) in [5, 5.41) is 3.59. The second-order valence-corrected chi connectivity index (χ2v) is 5.37. The fourth-order valence-electron chi connectivity index (χ4n) is 2.77. The minimum absolute atomic E-state index is 0.219. The van der Waals surface area contributed by atoms with Gasteiger partial charge in [-0.1, -0.05) is 19.8 Å². The smallest absolute Gasteiger partial charge is 0.123 e. The minimum atomic E-state index is -0.219. The van der Waals surface area contributed by atoms with Gasteiger partial charge in [0.1, 0.15) is 18.2 Å². The largest absolute Gasteiger partial charge is 0.492 e. The van der Waals surface area contributed by atoms with Crippen molar-refractivity contribution in [1.82, 2.24) is 5.32 Å². The summed E-state index contributed by atoms with van der Waals surface area (Å²) in [7, 11) is 0. The number of hydrogen-bond donors (Lipinski definition) is 1. The minimum Gasteiger partial charge on any atom is -0.492 e. The number of rotatable bonds is 7. The van der Waals surface area contributed by atoms with Crippen LogP contribution in [0.2, 0.25) is 0 Å². The maximum atomic E-state index is 12.8. The average Bonchev–Trinajstić information content (AvgIpc) is 2.95. The van der Waals surface area contributed by atoms with Gasteiger partial charge in [-0.3, -0.25) is 0 Å². The molecule has 0 aromatic heterocycles. The van der Waals surface area contributed by atoms with Crippen LogP contribution in [0, 0.1) is 11.7 Å². The van der Waals surface area contributed by atoms with Gasteiger partial charge in [-0.15, -0.1) is 0 Å². The molecule has 0 radical (unpaired) electrons. The van der Waals surface area contributed by atoms with Crippen molar-refractivity contribution in [2.75, 3.05) is 13.2 Å². The number of benzene rings is 1. The summed E-state index contributed by atoms with van der Waals surface area (Å²) < 4.78 is 18.6. The summed E-state index contributed by atoms with van der Waals surface area (Å²) in [5.74, 6) is 1.26. The van der Waals surface area contributed by atoms with E-state index in [4.69, 9.17) is 4.74 Å². The highest BCUT2D eigenvalue weighted by Gasteiger charge is 2.24. The predicted octanol–water partition coefficient (Wildman–Crippen LogP) is 3.76. The molecule has 1 aliphatic carbocycles. The molecule has 1 atom stereocenters. The number of halogens is 1. The number of hydrogen-bond acceptors (Lipinski definition) is 2. The number of ether oxygens (including phenoxy) is 1. The van der Waals surface area contributed by atoms with Gasteiger partial charge in [-0.2, -0.15) is 0 Å². The highest BCUT2D eigenvalue weighted by molar-refractivity contribution is 5.22. The van der Waals surface area contributed by atoms with Gasteiger partial charge in [0.05, 0.1) is 0 Å². The number of nitrogens with one attached hydrogen (secondary N) is 1. The first kappa shape index (κ1) is 14.3. The molecule has 106 valence electrons. The van der Waals surface area contributed by atoms with Crippen molar-refractivity contribution in [2.24, 2.45) is 5.92 Å². The Kier molecular flexibility index (Phi) is 5.64. The van der Waals surface area contributed by atoms with Gasteiger partial charge in [0.2, 0.25) is 0 Å². The van der Waals surface area contributed by atoms with Crippen LogP contribution in [0.25, 0.3) is 0 Å². The van der Waals surface area contributed by atoms with Crippen LogP contribution in [0.3, 0.4) is 0 Å². The molecule has 1 aromatic carbocycles. The highest BCUT2D eigenvalue weighted by atomic mass is 19.1. The summed E-state index contributed by atoms with van der Waals surface area (Å²) in [4.78, 5) is 0. The monoisotopic (exact) mass is 265 g/mol. The zero-order chi connectivity index (χ0) is 13.5. The van der Waals surface area contributed by atoms with E-state index in [1.807, 2.05) is 0 Å². The normalized spacial score (nSPS) is 17.6. The van der Waals surface area contributed by atoms with E-state index in [2.05, 4.69) is 12.2 Å². The molecule has 1 unspecified atom stereocenters. The predicted molar refractivity (Wildman–Crippen MR) is 75.9 cm³/mol. The highest BCUT2D eigenvalue weighted by Crippen LogP contribution is 2.28. The van der Waals surface area contributed by atoms with E-state index in [1.54, 1.807) is 12.1 Å². The lowest BCUT2D eigenvalue weighted by atomic mass is 9.98. The molecule has 2 nitrogen and oxygen atoms in total. The Morgan fingerprint density at radius 1 is 1.26 bits per heavy atom. The van der Waals surface area contributed by atoms with Crippen LogP contribution in [0.4, 0.5) is 4.39 Å². The van der Waals surface area contributed by atoms with Crippen molar-refractivity contribution in [2.45, 2.75) is 45.1 Å². The molecule has 0 heterocycles. The Balaban J connectivity index is 1.86. The fraction of sp³-hybridized carbons (Fsp3) is 0.625. The molecule has 1 aliphatic rings. The van der Waals surface area contributed by atoms with Crippen molar-refractivity contribution < 1.29 is 9.13 Å². The van der Waals surface area contributed by atoms with E-state index in [1.165, 1.54) is 37.8 Å². The van der Waals surface area contributed by atoms with Crippen LogP contribution in [-0.2, 0) is 0 Å². The standard InChI is InChI=1S/C16H24FNO/c1-2-11-18-16(13-5-3-4-6-13)12-19-15-9-7-14(17)8-10-15/h7-10,13,16,18H,2-6,11-12H2,1H3. The molecule has 1 saturated carbocycles. The van der Waals surface area contributed by atoms with Crippen LogP contribution in [0.5, 0.6) is 5.75 Å². The van der Waals surface area contributed by atoms with Gasteiger partial charge < -0.3 is 10.1 Å². The van der Waals surface area contributed by atoms with Crippen molar-refractivity contribution >= 4 is 0 Å². The summed E-state index contributed by atoms with van der Waals surface area (Å²) in [5.41, 5.74) is 0. The first-order valence-corrected chi connectivity index (χ1v) is 7.41. The Morgan fingerprint density at radius 3 is 2.58 bits per heavy atom. The Morgan fingerprint density at radius 2 is 1.95 bits per heavy atom. The van der Waals surface area contributed by atoms with Gasteiger partial charge >= 0.3 is 0 Å². The van der Waals surface area contributed by atoms with Crippen LogP contribution in [0.1, 0.15) is 39.0 Å². The molecule has 1 fully saturated rings. The van der Waals surface area contributed by atoms with Crippen LogP contribution < -0.4 is 10.1 Å². The van der Waals surface area contributed by atoms with Crippen LogP contribution in [0.15, 0.2) is 24.3 Å². The van der Waals surface area contributed by atoms with E-state index >= 15 is 0 Å². The maximum absolute atomic E-state index is 12.8. The summed E-state index contributed by atoms with van der Waals surface area (Å²) in [6.45, 7) is 3.89. The zero-order valence-corrected chi connectivity index (χ0v) is 11.7. The molecule has 1 aromatic rings. The van der Waals surface area contributed by atoms with E-state index in [0.29, 0.717) is 12.6 Å². The Labute approximate surface area is 115 Å². The second-order valence-electron chi connectivity index (χ2n) is 5.37. The molecule has 19 heavy (non-hydrogen) atoms. The molecule has 0 bridgehead atoms. The van der Waals surface area contributed by atoms with Gasteiger partial charge in [0.15, 0.2) is 0 Å². The molecular formula is C16H24FNO. The van der Waals surface area contributed by atoms with Crippen molar-refractivity contribution in [3.05, 3.63) is 30.1 Å². The molecule has 0 amide bonds. The third-order valence-corrected chi connectivity index (χ3v) is 3.87. The Bertz CT molecular complexity index is 360. The topological polar surface area (TPSA) is 21.3 Å². The SMILES string of the molecule is CCCNC(COc1ccc(F)cc1)C1CCCC1. The van der Waals surface area contributed by atoms with Gasteiger partial charge in [0, 0.05) is 6.04 Å². The first-order valence-electron chi connectivity index (χ1n) is 7.41. The lowest BCUT2D eigenvalue weighted by Crippen LogP contribution is -2.40. The van der Waals surface area contributed by atoms with Crippen LogP contribution in [-0.4, -0.2) is 19.2 Å². The van der Waals surface area contributed by atoms with Crippen LogP contribution >= 0.6 is 0 Å². The molecule has 0 aliphatic heterocycles. The van der Waals surface area contributed by atoms with E-state index in [-0.39, 0.29) is 5.82 Å². The first-order chi connectivity index (χ1) is 9.29. The lowest BCUT2D eigenvalue weighted by molar-refractivity contribution is 0.217. The molecule has 3 heteroatoms. The zero-order valence-electron chi connectivity index (χ0n) is 11.7. The molecule has 0 spiro atoms. The van der Waals surface area contributed by atoms with Crippen molar-refractivity contribution in [1.29, 1.82) is 0 Å². The van der Waals surface area contributed by atoms with Crippen molar-refractivity contribution in [3.63, 3.8) is 0 Å². The average molecular weight is 265 g/mol.